The van der Waals surface area contributed by atoms with Crippen LogP contribution in [0.5, 0.6) is 5.75 Å². The van der Waals surface area contributed by atoms with Gasteiger partial charge in [-0.3, -0.25) is 9.78 Å². The number of nitrogens with two attached hydrogens (primary N) is 1. The number of H-pyrrole nitrogens is 1. The van der Waals surface area contributed by atoms with E-state index in [0.717, 1.165) is 5.56 Å². The third-order valence-electron chi connectivity index (χ3n) is 5.72. The smallest absolute Gasteiger partial charge is 0.497 e. The van der Waals surface area contributed by atoms with Crippen LogP contribution in [0.2, 0.25) is 0 Å². The van der Waals surface area contributed by atoms with Crippen LogP contribution in [0.4, 0.5) is 5.95 Å². The molecule has 3 N–H and O–H groups in total. The van der Waals surface area contributed by atoms with Gasteiger partial charge in [0, 0.05) is 12.1 Å². The number of imidazole rings is 1. The van der Waals surface area contributed by atoms with E-state index in [0.29, 0.717) is 30.1 Å². The first-order chi connectivity index (χ1) is 19.5. The Balaban J connectivity index is 1.24. The summed E-state index contributed by atoms with van der Waals surface area (Å²) >= 11 is 0. The maximum absolute atomic E-state index is 12.0. The van der Waals surface area contributed by atoms with Crippen LogP contribution in [-0.2, 0) is 33.5 Å². The summed E-state index contributed by atoms with van der Waals surface area (Å²) in [4.78, 5) is 34.6. The molecule has 0 saturated heterocycles. The number of fused-ring (bicyclic) bond motifs is 1. The molecule has 208 valence electrons. The molecule has 5 aromatic rings. The summed E-state index contributed by atoms with van der Waals surface area (Å²) in [5.74, 6) is 0.323. The van der Waals surface area contributed by atoms with E-state index < -0.39 is 19.8 Å². The molecule has 0 saturated carbocycles. The minimum Gasteiger partial charge on any atom is -0.497 e. The molecule has 0 bridgehead atoms. The Hall–Kier alpha value is -4.29. The summed E-state index contributed by atoms with van der Waals surface area (Å²) in [7, 11) is 0.00379. The monoisotopic (exact) mass is 567 g/mol. The molecule has 3 aromatic heterocycles. The number of nitrogens with zero attached hydrogens (tertiary/aromatic N) is 3. The van der Waals surface area contributed by atoms with E-state index in [1.54, 1.807) is 35.9 Å². The van der Waals surface area contributed by atoms with Gasteiger partial charge in [-0.2, -0.15) is 4.98 Å². The van der Waals surface area contributed by atoms with Crippen LogP contribution in [0.3, 0.4) is 0 Å². The third-order valence-corrected chi connectivity index (χ3v) is 6.95. The molecule has 0 radical (unpaired) electrons. The van der Waals surface area contributed by atoms with Gasteiger partial charge in [0.15, 0.2) is 31.1 Å². The minimum absolute atomic E-state index is 0.00584. The van der Waals surface area contributed by atoms with Crippen molar-refractivity contribution in [3.63, 3.8) is 0 Å². The molecular formula is C26H26N5O8P. The van der Waals surface area contributed by atoms with Gasteiger partial charge in [-0.25, -0.2) is 9.78 Å². The SMILES string of the molecule is COc1ccc(-c2oc(=O)oc2COP(COCCn2cnc3c(=O)[nH]c(N)nc32)OCc2ccccc2)cc1. The molecule has 0 amide bonds. The fraction of sp³-hybridized carbons (Fsp3) is 0.231. The molecule has 40 heavy (non-hydrogen) atoms. The first-order valence-electron chi connectivity index (χ1n) is 12.1. The first kappa shape index (κ1) is 27.3. The Morgan fingerprint density at radius 2 is 1.80 bits per heavy atom. The van der Waals surface area contributed by atoms with Gasteiger partial charge < -0.3 is 37.7 Å². The molecule has 13 nitrogen and oxygen atoms in total. The lowest BCUT2D eigenvalue weighted by Crippen LogP contribution is -2.13. The maximum atomic E-state index is 12.0. The summed E-state index contributed by atoms with van der Waals surface area (Å²) in [5.41, 5.74) is 7.41. The predicted molar refractivity (Wildman–Crippen MR) is 146 cm³/mol. The average molecular weight is 567 g/mol. The molecule has 0 aliphatic heterocycles. The largest absolute Gasteiger partial charge is 0.519 e. The fourth-order valence-electron chi connectivity index (χ4n) is 3.76. The van der Waals surface area contributed by atoms with Crippen LogP contribution in [-0.4, -0.2) is 39.6 Å². The molecule has 1 unspecified atom stereocenters. The van der Waals surface area contributed by atoms with Crippen molar-refractivity contribution in [2.75, 3.05) is 25.8 Å². The average Bonchev–Trinajstić information content (AvgIpc) is 3.55. The number of aromatic amines is 1. The maximum Gasteiger partial charge on any atom is 0.519 e. The lowest BCUT2D eigenvalue weighted by molar-refractivity contribution is 0.136. The van der Waals surface area contributed by atoms with Gasteiger partial charge in [0.1, 0.15) is 18.7 Å². The zero-order valence-electron chi connectivity index (χ0n) is 21.4. The summed E-state index contributed by atoms with van der Waals surface area (Å²) in [6.07, 6.45) is 1.63. The number of benzene rings is 2. The number of methoxy groups -OCH3 is 1. The van der Waals surface area contributed by atoms with Gasteiger partial charge in [-0.05, 0) is 29.8 Å². The van der Waals surface area contributed by atoms with Crippen molar-refractivity contribution in [2.24, 2.45) is 0 Å². The van der Waals surface area contributed by atoms with Crippen LogP contribution in [0, 0.1) is 0 Å². The lowest BCUT2D eigenvalue weighted by Gasteiger charge is -2.17. The number of anilines is 1. The minimum atomic E-state index is -1.56. The highest BCUT2D eigenvalue weighted by atomic mass is 31.2. The highest BCUT2D eigenvalue weighted by Gasteiger charge is 2.20. The van der Waals surface area contributed by atoms with Gasteiger partial charge in [0.2, 0.25) is 5.95 Å². The van der Waals surface area contributed by atoms with Crippen molar-refractivity contribution in [2.45, 2.75) is 19.8 Å². The second-order valence-corrected chi connectivity index (χ2v) is 9.84. The van der Waals surface area contributed by atoms with Gasteiger partial charge in [-0.15, -0.1) is 0 Å². The van der Waals surface area contributed by atoms with Crippen molar-refractivity contribution >= 4 is 25.5 Å². The molecule has 5 rings (SSSR count). The number of ether oxygens (including phenoxy) is 2. The Kier molecular flexibility index (Phi) is 8.67. The molecule has 1 atom stereocenters. The van der Waals surface area contributed by atoms with E-state index >= 15 is 0 Å². The summed E-state index contributed by atoms with van der Waals surface area (Å²) in [6.45, 7) is 0.852. The van der Waals surface area contributed by atoms with Crippen LogP contribution >= 0.6 is 8.38 Å². The molecule has 0 spiro atoms. The normalized spacial score (nSPS) is 12.1. The summed E-state index contributed by atoms with van der Waals surface area (Å²) in [6, 6.07) is 16.6. The molecule has 3 heterocycles. The number of nitrogens with one attached hydrogen (secondary N) is 1. The summed E-state index contributed by atoms with van der Waals surface area (Å²) < 4.78 is 35.3. The van der Waals surface area contributed by atoms with Crippen molar-refractivity contribution in [3.05, 3.63) is 93.2 Å². The van der Waals surface area contributed by atoms with Crippen LogP contribution < -0.4 is 21.9 Å². The van der Waals surface area contributed by atoms with E-state index in [2.05, 4.69) is 15.0 Å². The van der Waals surface area contributed by atoms with E-state index in [9.17, 15) is 9.59 Å². The van der Waals surface area contributed by atoms with Crippen LogP contribution in [0.25, 0.3) is 22.5 Å². The number of hydrogen-bond donors (Lipinski definition) is 2. The standard InChI is InChI=1S/C26H26N5O8P/c1-34-19-9-7-18(8-10-19)22-20(38-26(33)39-22)14-37-40(36-13-17-5-3-2-4-6-17)16-35-12-11-31-15-28-21-23(31)29-25(27)30-24(21)32/h2-10,15H,11-14,16H2,1H3,(H3,27,29,30,32). The Morgan fingerprint density at radius 1 is 1.02 bits per heavy atom. The van der Waals surface area contributed by atoms with Gasteiger partial charge in [0.05, 0.1) is 26.7 Å². The van der Waals surface area contributed by atoms with Crippen LogP contribution in [0.15, 0.2) is 79.3 Å². The first-order valence-corrected chi connectivity index (χ1v) is 13.5. The van der Waals surface area contributed by atoms with Crippen molar-refractivity contribution in [3.8, 4) is 17.1 Å². The Labute approximate surface area is 228 Å². The van der Waals surface area contributed by atoms with E-state index in [4.69, 9.17) is 33.1 Å². The topological polar surface area (TPSA) is 170 Å². The van der Waals surface area contributed by atoms with Crippen molar-refractivity contribution in [1.82, 2.24) is 19.5 Å². The molecule has 0 aliphatic carbocycles. The second kappa shape index (κ2) is 12.7. The van der Waals surface area contributed by atoms with Crippen molar-refractivity contribution in [1.29, 1.82) is 0 Å². The zero-order valence-corrected chi connectivity index (χ0v) is 22.3. The number of aromatic nitrogens is 4. The number of nitrogen functional groups attached to an aromatic ring is 1. The molecule has 0 aliphatic rings. The van der Waals surface area contributed by atoms with Crippen molar-refractivity contribution < 1.29 is 27.4 Å². The highest BCUT2D eigenvalue weighted by molar-refractivity contribution is 7.46. The Morgan fingerprint density at radius 3 is 2.58 bits per heavy atom. The van der Waals surface area contributed by atoms with E-state index in [1.165, 1.54) is 6.33 Å². The Bertz CT molecular complexity index is 1660. The third kappa shape index (κ3) is 6.64. The lowest BCUT2D eigenvalue weighted by atomic mass is 10.1. The van der Waals surface area contributed by atoms with Crippen LogP contribution in [0.1, 0.15) is 11.3 Å². The quantitative estimate of drug-likeness (QED) is 0.157. The van der Waals surface area contributed by atoms with E-state index in [-0.39, 0.29) is 42.5 Å². The number of rotatable bonds is 13. The van der Waals surface area contributed by atoms with Gasteiger partial charge >= 0.3 is 5.82 Å². The molecule has 2 aromatic carbocycles. The highest BCUT2D eigenvalue weighted by Crippen LogP contribution is 2.41. The fourth-order valence-corrected chi connectivity index (χ4v) is 4.82. The van der Waals surface area contributed by atoms with Gasteiger partial charge in [-0.1, -0.05) is 30.3 Å². The van der Waals surface area contributed by atoms with Gasteiger partial charge in [0.25, 0.3) is 5.56 Å². The molecule has 0 fully saturated rings. The van der Waals surface area contributed by atoms with E-state index in [1.807, 2.05) is 30.3 Å². The molecular weight excluding hydrogens is 541 g/mol. The predicted octanol–water partition coefficient (Wildman–Crippen LogP) is 3.64. The summed E-state index contributed by atoms with van der Waals surface area (Å²) in [5, 5.41) is 0. The molecule has 14 heteroatoms. The zero-order chi connectivity index (χ0) is 27.9. The second-order valence-electron chi connectivity index (χ2n) is 8.40. The number of hydrogen-bond acceptors (Lipinski definition) is 11.